The second-order valence-corrected chi connectivity index (χ2v) is 7.30. The Hall–Kier alpha value is -1.92. The van der Waals surface area contributed by atoms with Crippen molar-refractivity contribution in [3.63, 3.8) is 0 Å². The molecule has 0 bridgehead atoms. The van der Waals surface area contributed by atoms with Crippen LogP contribution in [0.15, 0.2) is 40.7 Å². The maximum Gasteiger partial charge on any atom is 0.191 e. The number of nitrogens with zero attached hydrogens (tertiary/aromatic N) is 2. The van der Waals surface area contributed by atoms with E-state index in [1.54, 1.807) is 37.4 Å². The fourth-order valence-electron chi connectivity index (χ4n) is 2.57. The zero-order valence-corrected chi connectivity index (χ0v) is 16.3. The highest BCUT2D eigenvalue weighted by molar-refractivity contribution is 7.10. The van der Waals surface area contributed by atoms with Gasteiger partial charge in [0.25, 0.3) is 0 Å². The van der Waals surface area contributed by atoms with Crippen molar-refractivity contribution in [3.8, 4) is 0 Å². The highest BCUT2D eigenvalue weighted by Crippen LogP contribution is 2.22. The van der Waals surface area contributed by atoms with Gasteiger partial charge >= 0.3 is 0 Å². The third-order valence-corrected chi connectivity index (χ3v) is 5.20. The third-order valence-electron chi connectivity index (χ3n) is 4.23. The van der Waals surface area contributed by atoms with Gasteiger partial charge in [-0.3, -0.25) is 4.99 Å². The third kappa shape index (κ3) is 5.28. The SMILES string of the molecule is CN=C(NCC(c1cccs1)N(C)C)NC(C)c1ccc(C)c(F)c1. The molecule has 136 valence electrons. The largest absolute Gasteiger partial charge is 0.354 e. The molecule has 2 aromatic rings. The van der Waals surface area contributed by atoms with Gasteiger partial charge in [-0.15, -0.1) is 11.3 Å². The van der Waals surface area contributed by atoms with E-state index in [1.165, 1.54) is 4.88 Å². The van der Waals surface area contributed by atoms with E-state index >= 15 is 0 Å². The van der Waals surface area contributed by atoms with Crippen molar-refractivity contribution >= 4 is 17.3 Å². The van der Waals surface area contributed by atoms with Crippen molar-refractivity contribution in [1.29, 1.82) is 0 Å². The summed E-state index contributed by atoms with van der Waals surface area (Å²) in [6.45, 7) is 4.51. The molecule has 1 aromatic heterocycles. The Labute approximate surface area is 153 Å². The van der Waals surface area contributed by atoms with Crippen molar-refractivity contribution in [2.75, 3.05) is 27.7 Å². The number of benzene rings is 1. The Kier molecular flexibility index (Phi) is 6.96. The highest BCUT2D eigenvalue weighted by atomic mass is 32.1. The van der Waals surface area contributed by atoms with Crippen molar-refractivity contribution < 1.29 is 4.39 Å². The summed E-state index contributed by atoms with van der Waals surface area (Å²) in [6, 6.07) is 9.76. The lowest BCUT2D eigenvalue weighted by atomic mass is 10.1. The monoisotopic (exact) mass is 362 g/mol. The van der Waals surface area contributed by atoms with Crippen LogP contribution in [0.1, 0.15) is 35.0 Å². The van der Waals surface area contributed by atoms with E-state index in [1.807, 2.05) is 13.0 Å². The molecule has 2 rings (SSSR count). The molecule has 25 heavy (non-hydrogen) atoms. The number of thiophene rings is 1. The molecule has 2 atom stereocenters. The van der Waals surface area contributed by atoms with Crippen molar-refractivity contribution in [2.45, 2.75) is 25.9 Å². The number of nitrogens with one attached hydrogen (secondary N) is 2. The Morgan fingerprint density at radius 1 is 1.32 bits per heavy atom. The summed E-state index contributed by atoms with van der Waals surface area (Å²) >= 11 is 1.75. The fourth-order valence-corrected chi connectivity index (χ4v) is 3.50. The summed E-state index contributed by atoms with van der Waals surface area (Å²) < 4.78 is 13.8. The quantitative estimate of drug-likeness (QED) is 0.608. The van der Waals surface area contributed by atoms with Gasteiger partial charge in [0.05, 0.1) is 12.1 Å². The van der Waals surface area contributed by atoms with Gasteiger partial charge in [0.15, 0.2) is 5.96 Å². The summed E-state index contributed by atoms with van der Waals surface area (Å²) in [5.74, 6) is 0.524. The van der Waals surface area contributed by atoms with Crippen LogP contribution in [0.25, 0.3) is 0 Å². The highest BCUT2D eigenvalue weighted by Gasteiger charge is 2.16. The molecule has 1 aromatic carbocycles. The first kappa shape index (κ1) is 19.4. The summed E-state index contributed by atoms with van der Waals surface area (Å²) in [7, 11) is 5.88. The number of rotatable bonds is 6. The minimum Gasteiger partial charge on any atom is -0.354 e. The Morgan fingerprint density at radius 3 is 2.64 bits per heavy atom. The van der Waals surface area contributed by atoms with Crippen LogP contribution in [0.5, 0.6) is 0 Å². The molecule has 0 saturated carbocycles. The lowest BCUT2D eigenvalue weighted by Crippen LogP contribution is -2.42. The van der Waals surface area contributed by atoms with E-state index in [9.17, 15) is 4.39 Å². The van der Waals surface area contributed by atoms with E-state index in [-0.39, 0.29) is 17.9 Å². The van der Waals surface area contributed by atoms with Gasteiger partial charge in [0, 0.05) is 18.5 Å². The topological polar surface area (TPSA) is 39.7 Å². The van der Waals surface area contributed by atoms with Crippen LogP contribution in [0.3, 0.4) is 0 Å². The van der Waals surface area contributed by atoms with E-state index in [2.05, 4.69) is 52.1 Å². The van der Waals surface area contributed by atoms with Crippen LogP contribution < -0.4 is 10.6 Å². The molecule has 6 heteroatoms. The standard InChI is InChI=1S/C19H27FN4S/c1-13-8-9-15(11-16(13)20)14(2)23-19(21-3)22-12-17(24(4)5)18-7-6-10-25-18/h6-11,14,17H,12H2,1-5H3,(H2,21,22,23). The average Bonchev–Trinajstić information content (AvgIpc) is 3.10. The van der Waals surface area contributed by atoms with Crippen molar-refractivity contribution in [3.05, 3.63) is 57.5 Å². The van der Waals surface area contributed by atoms with Gasteiger partial charge in [-0.05, 0) is 56.6 Å². The molecule has 0 aliphatic carbocycles. The number of halogens is 1. The lowest BCUT2D eigenvalue weighted by Gasteiger charge is -2.25. The van der Waals surface area contributed by atoms with Gasteiger partial charge < -0.3 is 15.5 Å². The molecular weight excluding hydrogens is 335 g/mol. The van der Waals surface area contributed by atoms with Gasteiger partial charge in [-0.25, -0.2) is 4.39 Å². The van der Waals surface area contributed by atoms with Gasteiger partial charge in [0.1, 0.15) is 5.82 Å². The summed E-state index contributed by atoms with van der Waals surface area (Å²) in [6.07, 6.45) is 0. The fraction of sp³-hybridized carbons (Fsp3) is 0.421. The first-order valence-electron chi connectivity index (χ1n) is 8.35. The van der Waals surface area contributed by atoms with E-state index in [0.717, 1.165) is 12.1 Å². The molecule has 0 aliphatic rings. The van der Waals surface area contributed by atoms with Crippen LogP contribution in [0, 0.1) is 12.7 Å². The molecule has 0 amide bonds. The Bertz CT molecular complexity index is 697. The van der Waals surface area contributed by atoms with Crippen molar-refractivity contribution in [1.82, 2.24) is 15.5 Å². The molecule has 0 aliphatic heterocycles. The maximum atomic E-state index is 13.8. The maximum absolute atomic E-state index is 13.8. The molecule has 1 heterocycles. The number of hydrogen-bond acceptors (Lipinski definition) is 3. The predicted octanol–water partition coefficient (Wildman–Crippen LogP) is 3.72. The van der Waals surface area contributed by atoms with Gasteiger partial charge in [-0.1, -0.05) is 18.2 Å². The Balaban J connectivity index is 1.99. The first-order chi connectivity index (χ1) is 11.9. The first-order valence-corrected chi connectivity index (χ1v) is 9.23. The zero-order valence-electron chi connectivity index (χ0n) is 15.5. The number of likely N-dealkylation sites (N-methyl/N-ethyl adjacent to an activating group) is 1. The number of hydrogen-bond donors (Lipinski definition) is 2. The van der Waals surface area contributed by atoms with Crippen LogP contribution in [-0.2, 0) is 0 Å². The number of guanidine groups is 1. The second-order valence-electron chi connectivity index (χ2n) is 6.32. The molecular formula is C19H27FN4S. The van der Waals surface area contributed by atoms with E-state index < -0.39 is 0 Å². The van der Waals surface area contributed by atoms with Crippen molar-refractivity contribution in [2.24, 2.45) is 4.99 Å². The van der Waals surface area contributed by atoms with Crippen LogP contribution >= 0.6 is 11.3 Å². The molecule has 4 nitrogen and oxygen atoms in total. The molecule has 0 saturated heterocycles. The van der Waals surface area contributed by atoms with Crippen LogP contribution in [0.4, 0.5) is 4.39 Å². The lowest BCUT2D eigenvalue weighted by molar-refractivity contribution is 0.302. The normalized spacial score (nSPS) is 14.4. The molecule has 0 spiro atoms. The minimum absolute atomic E-state index is 0.0409. The van der Waals surface area contributed by atoms with Gasteiger partial charge in [-0.2, -0.15) is 0 Å². The number of aliphatic imine (C=N–C) groups is 1. The van der Waals surface area contributed by atoms with E-state index in [4.69, 9.17) is 0 Å². The molecule has 0 radical (unpaired) electrons. The summed E-state index contributed by atoms with van der Waals surface area (Å²) in [4.78, 5) is 7.78. The average molecular weight is 363 g/mol. The van der Waals surface area contributed by atoms with E-state index in [0.29, 0.717) is 11.5 Å². The van der Waals surface area contributed by atoms with Crippen LogP contribution in [-0.4, -0.2) is 38.5 Å². The molecule has 2 unspecified atom stereocenters. The smallest absolute Gasteiger partial charge is 0.191 e. The van der Waals surface area contributed by atoms with Gasteiger partial charge in [0.2, 0.25) is 0 Å². The summed E-state index contributed by atoms with van der Waals surface area (Å²) in [5, 5.41) is 8.79. The van der Waals surface area contributed by atoms with Crippen LogP contribution in [0.2, 0.25) is 0 Å². The predicted molar refractivity (Wildman–Crippen MR) is 105 cm³/mol. The zero-order chi connectivity index (χ0) is 18.4. The molecule has 2 N–H and O–H groups in total. The Morgan fingerprint density at radius 2 is 2.08 bits per heavy atom. The number of aryl methyl sites for hydroxylation is 1. The second kappa shape index (κ2) is 8.97. The summed E-state index contributed by atoms with van der Waals surface area (Å²) in [5.41, 5.74) is 1.55. The minimum atomic E-state index is -0.181. The molecule has 0 fully saturated rings.